The van der Waals surface area contributed by atoms with Crippen molar-refractivity contribution >= 4 is 0 Å². The van der Waals surface area contributed by atoms with E-state index in [1.165, 1.54) is 25.7 Å². The summed E-state index contributed by atoms with van der Waals surface area (Å²) in [7, 11) is 0. The topological polar surface area (TPSA) is 23.3 Å². The third-order valence-electron chi connectivity index (χ3n) is 2.83. The van der Waals surface area contributed by atoms with Gasteiger partial charge in [0.1, 0.15) is 0 Å². The Kier molecular flexibility index (Phi) is 2.44. The summed E-state index contributed by atoms with van der Waals surface area (Å²) in [5.41, 5.74) is 0. The summed E-state index contributed by atoms with van der Waals surface area (Å²) in [6.45, 7) is 2.68. The maximum Gasteiger partial charge on any atom is 0.0639 e. The molecule has 1 saturated heterocycles. The van der Waals surface area contributed by atoms with Gasteiger partial charge in [0.15, 0.2) is 0 Å². The molecule has 0 bridgehead atoms. The minimum absolute atomic E-state index is 0.547. The molecule has 1 saturated carbocycles. The SMILES string of the molecule is C1CCC(C2COCC[N]2)C1. The van der Waals surface area contributed by atoms with Crippen LogP contribution in [0.25, 0.3) is 0 Å². The Labute approximate surface area is 68.3 Å². The maximum atomic E-state index is 5.40. The van der Waals surface area contributed by atoms with Gasteiger partial charge < -0.3 is 4.74 Å². The monoisotopic (exact) mass is 154 g/mol. The molecule has 0 aromatic rings. The van der Waals surface area contributed by atoms with E-state index >= 15 is 0 Å². The largest absolute Gasteiger partial charge is 0.378 e. The van der Waals surface area contributed by atoms with Crippen LogP contribution in [0.1, 0.15) is 25.7 Å². The van der Waals surface area contributed by atoms with Crippen LogP contribution in [-0.2, 0) is 4.74 Å². The van der Waals surface area contributed by atoms with E-state index in [9.17, 15) is 0 Å². The first-order chi connectivity index (χ1) is 5.47. The lowest BCUT2D eigenvalue weighted by atomic mass is 9.98. The molecule has 1 radical (unpaired) electrons. The highest BCUT2D eigenvalue weighted by Gasteiger charge is 2.27. The van der Waals surface area contributed by atoms with Gasteiger partial charge in [-0.15, -0.1) is 0 Å². The van der Waals surface area contributed by atoms with Gasteiger partial charge in [0.25, 0.3) is 0 Å². The molecule has 0 spiro atoms. The van der Waals surface area contributed by atoms with Crippen LogP contribution in [0.5, 0.6) is 0 Å². The summed E-state index contributed by atoms with van der Waals surface area (Å²) >= 11 is 0. The smallest absolute Gasteiger partial charge is 0.0639 e. The number of ether oxygens (including phenoxy) is 1. The fourth-order valence-electron chi connectivity index (χ4n) is 2.17. The molecule has 2 aliphatic rings. The quantitative estimate of drug-likeness (QED) is 0.556. The van der Waals surface area contributed by atoms with Gasteiger partial charge in [0, 0.05) is 6.54 Å². The van der Waals surface area contributed by atoms with Crippen LogP contribution in [-0.4, -0.2) is 25.8 Å². The molecule has 0 amide bonds. The molecular weight excluding hydrogens is 138 g/mol. The molecule has 0 aromatic carbocycles. The predicted molar refractivity (Wildman–Crippen MR) is 43.6 cm³/mol. The Bertz CT molecular complexity index is 115. The molecule has 11 heavy (non-hydrogen) atoms. The van der Waals surface area contributed by atoms with Gasteiger partial charge in [-0.2, -0.15) is 0 Å². The fourth-order valence-corrected chi connectivity index (χ4v) is 2.17. The lowest BCUT2D eigenvalue weighted by molar-refractivity contribution is 0.0550. The standard InChI is InChI=1S/C9H16NO/c1-2-4-8(3-1)9-7-11-6-5-10-9/h8-9H,1-7H2. The zero-order valence-electron chi connectivity index (χ0n) is 6.96. The molecule has 2 fully saturated rings. The number of hydrogen-bond donors (Lipinski definition) is 0. The Hall–Kier alpha value is -0.0800. The number of hydrogen-bond acceptors (Lipinski definition) is 1. The van der Waals surface area contributed by atoms with Crippen LogP contribution in [0.15, 0.2) is 0 Å². The lowest BCUT2D eigenvalue weighted by Crippen LogP contribution is -2.40. The van der Waals surface area contributed by atoms with Gasteiger partial charge in [-0.3, -0.25) is 0 Å². The minimum Gasteiger partial charge on any atom is -0.378 e. The van der Waals surface area contributed by atoms with E-state index in [-0.39, 0.29) is 0 Å². The van der Waals surface area contributed by atoms with Crippen molar-refractivity contribution in [2.24, 2.45) is 5.92 Å². The average molecular weight is 154 g/mol. The second-order valence-corrected chi connectivity index (χ2v) is 3.59. The second kappa shape index (κ2) is 3.55. The molecule has 1 atom stereocenters. The Morgan fingerprint density at radius 1 is 1.18 bits per heavy atom. The van der Waals surface area contributed by atoms with Crippen molar-refractivity contribution < 1.29 is 4.74 Å². The van der Waals surface area contributed by atoms with Gasteiger partial charge in [0.2, 0.25) is 0 Å². The van der Waals surface area contributed by atoms with E-state index in [0.717, 1.165) is 25.7 Å². The van der Waals surface area contributed by atoms with Crippen molar-refractivity contribution in [3.05, 3.63) is 0 Å². The summed E-state index contributed by atoms with van der Waals surface area (Å²) in [5, 5.41) is 4.59. The molecule has 2 heteroatoms. The zero-order valence-corrected chi connectivity index (χ0v) is 6.96. The Balaban J connectivity index is 1.82. The normalized spacial score (nSPS) is 34.4. The second-order valence-electron chi connectivity index (χ2n) is 3.59. The first-order valence-corrected chi connectivity index (χ1v) is 4.71. The first kappa shape index (κ1) is 7.56. The number of rotatable bonds is 1. The van der Waals surface area contributed by atoms with Crippen LogP contribution >= 0.6 is 0 Å². The molecular formula is C9H16NO. The average Bonchev–Trinajstić information content (AvgIpc) is 2.58. The van der Waals surface area contributed by atoms with Crippen LogP contribution in [0.4, 0.5) is 0 Å². The highest BCUT2D eigenvalue weighted by molar-refractivity contribution is 4.81. The van der Waals surface area contributed by atoms with Crippen LogP contribution < -0.4 is 5.32 Å². The third-order valence-corrected chi connectivity index (χ3v) is 2.83. The highest BCUT2D eigenvalue weighted by Crippen LogP contribution is 2.28. The van der Waals surface area contributed by atoms with E-state index in [1.807, 2.05) is 0 Å². The molecule has 1 heterocycles. The Morgan fingerprint density at radius 3 is 2.64 bits per heavy atom. The highest BCUT2D eigenvalue weighted by atomic mass is 16.5. The van der Waals surface area contributed by atoms with Gasteiger partial charge in [-0.05, 0) is 18.8 Å². The van der Waals surface area contributed by atoms with Gasteiger partial charge in [0.05, 0.1) is 19.3 Å². The number of nitrogens with zero attached hydrogens (tertiary/aromatic N) is 1. The molecule has 0 N–H and O–H groups in total. The molecule has 2 nitrogen and oxygen atoms in total. The molecule has 1 aliphatic carbocycles. The van der Waals surface area contributed by atoms with Crippen molar-refractivity contribution in [2.75, 3.05) is 19.8 Å². The summed E-state index contributed by atoms with van der Waals surface area (Å²) in [6, 6.07) is 0.547. The summed E-state index contributed by atoms with van der Waals surface area (Å²) in [5.74, 6) is 0.857. The van der Waals surface area contributed by atoms with Crippen LogP contribution in [0.2, 0.25) is 0 Å². The molecule has 1 aliphatic heterocycles. The molecule has 63 valence electrons. The van der Waals surface area contributed by atoms with E-state index in [1.54, 1.807) is 0 Å². The summed E-state index contributed by atoms with van der Waals surface area (Å²) in [6.07, 6.45) is 5.60. The lowest BCUT2D eigenvalue weighted by Gasteiger charge is -2.26. The third kappa shape index (κ3) is 1.74. The molecule has 0 aromatic heterocycles. The van der Waals surface area contributed by atoms with Crippen LogP contribution in [0, 0.1) is 5.92 Å². The van der Waals surface area contributed by atoms with Crippen molar-refractivity contribution in [3.8, 4) is 0 Å². The Morgan fingerprint density at radius 2 is 2.00 bits per heavy atom. The van der Waals surface area contributed by atoms with Crippen molar-refractivity contribution in [1.82, 2.24) is 5.32 Å². The van der Waals surface area contributed by atoms with Gasteiger partial charge >= 0.3 is 0 Å². The van der Waals surface area contributed by atoms with Crippen LogP contribution in [0.3, 0.4) is 0 Å². The van der Waals surface area contributed by atoms with Gasteiger partial charge in [-0.1, -0.05) is 12.8 Å². The molecule has 1 unspecified atom stereocenters. The number of morpholine rings is 1. The van der Waals surface area contributed by atoms with E-state index in [0.29, 0.717) is 6.04 Å². The van der Waals surface area contributed by atoms with E-state index in [4.69, 9.17) is 4.74 Å². The minimum atomic E-state index is 0.547. The summed E-state index contributed by atoms with van der Waals surface area (Å²) < 4.78 is 5.40. The zero-order chi connectivity index (χ0) is 7.52. The maximum absolute atomic E-state index is 5.40. The fraction of sp³-hybridized carbons (Fsp3) is 1.00. The van der Waals surface area contributed by atoms with Crippen molar-refractivity contribution in [1.29, 1.82) is 0 Å². The molecule has 2 rings (SSSR count). The van der Waals surface area contributed by atoms with Crippen molar-refractivity contribution in [2.45, 2.75) is 31.7 Å². The summed E-state index contributed by atoms with van der Waals surface area (Å²) in [4.78, 5) is 0. The van der Waals surface area contributed by atoms with E-state index in [2.05, 4.69) is 5.32 Å². The predicted octanol–water partition coefficient (Wildman–Crippen LogP) is 1.18. The van der Waals surface area contributed by atoms with E-state index < -0.39 is 0 Å². The van der Waals surface area contributed by atoms with Gasteiger partial charge in [-0.25, -0.2) is 5.32 Å². The first-order valence-electron chi connectivity index (χ1n) is 4.71. The van der Waals surface area contributed by atoms with Crippen molar-refractivity contribution in [3.63, 3.8) is 0 Å².